The van der Waals surface area contributed by atoms with Crippen molar-refractivity contribution >= 4 is 34.7 Å². The Morgan fingerprint density at radius 2 is 2.06 bits per heavy atom. The van der Waals surface area contributed by atoms with E-state index in [0.29, 0.717) is 15.6 Å². The molecule has 1 aliphatic carbocycles. The summed E-state index contributed by atoms with van der Waals surface area (Å²) in [7, 11) is 0. The van der Waals surface area contributed by atoms with Gasteiger partial charge < -0.3 is 5.11 Å². The average molecular weight is 257 g/mol. The second-order valence-corrected chi connectivity index (χ2v) is 4.67. The molecule has 0 aromatic heterocycles. The Morgan fingerprint density at radius 1 is 1.38 bits per heavy atom. The van der Waals surface area contributed by atoms with E-state index in [-0.39, 0.29) is 17.5 Å². The van der Waals surface area contributed by atoms with E-state index in [4.69, 9.17) is 23.2 Å². The normalized spacial score (nSPS) is 16.2. The largest absolute Gasteiger partial charge is 0.507 e. The molecule has 0 amide bonds. The fourth-order valence-electron chi connectivity index (χ4n) is 1.40. The maximum atomic E-state index is 11.5. The number of aliphatic hydroxyl groups excluding tert-OH is 1. The molecule has 0 aliphatic heterocycles. The van der Waals surface area contributed by atoms with Crippen LogP contribution in [0.2, 0.25) is 10.0 Å². The lowest BCUT2D eigenvalue weighted by Gasteiger charge is -2.03. The molecule has 0 bridgehead atoms. The first-order chi connectivity index (χ1) is 7.58. The molecule has 0 saturated heterocycles. The predicted octanol–water partition coefficient (Wildman–Crippen LogP) is 3.87. The molecule has 1 fully saturated rings. The summed E-state index contributed by atoms with van der Waals surface area (Å²) in [6, 6.07) is 4.75. The molecule has 1 N–H and O–H groups in total. The molecule has 84 valence electrons. The van der Waals surface area contributed by atoms with E-state index in [9.17, 15) is 9.90 Å². The van der Waals surface area contributed by atoms with Crippen LogP contribution in [-0.2, 0) is 4.79 Å². The van der Waals surface area contributed by atoms with Gasteiger partial charge >= 0.3 is 0 Å². The fraction of sp³-hybridized carbons (Fsp3) is 0.250. The summed E-state index contributed by atoms with van der Waals surface area (Å²) in [4.78, 5) is 11.5. The Balaban J connectivity index is 2.25. The third-order valence-corrected chi connectivity index (χ3v) is 3.01. The molecule has 2 rings (SSSR count). The van der Waals surface area contributed by atoms with Crippen LogP contribution < -0.4 is 0 Å². The fourth-order valence-corrected chi connectivity index (χ4v) is 1.90. The van der Waals surface area contributed by atoms with E-state index in [1.54, 1.807) is 12.1 Å². The highest BCUT2D eigenvalue weighted by atomic mass is 35.5. The van der Waals surface area contributed by atoms with Crippen molar-refractivity contribution in [2.75, 3.05) is 0 Å². The average Bonchev–Trinajstić information content (AvgIpc) is 2.99. The van der Waals surface area contributed by atoms with Crippen LogP contribution in [0.5, 0.6) is 0 Å². The van der Waals surface area contributed by atoms with E-state index >= 15 is 0 Å². The Bertz CT molecular complexity index is 462. The molecular weight excluding hydrogens is 247 g/mol. The van der Waals surface area contributed by atoms with Crippen molar-refractivity contribution < 1.29 is 9.90 Å². The number of allylic oxidation sites excluding steroid dienone is 1. The van der Waals surface area contributed by atoms with Gasteiger partial charge in [0.25, 0.3) is 0 Å². The quantitative estimate of drug-likeness (QED) is 0.659. The van der Waals surface area contributed by atoms with Crippen LogP contribution in [0.3, 0.4) is 0 Å². The van der Waals surface area contributed by atoms with Crippen LogP contribution in [0.25, 0.3) is 5.76 Å². The molecule has 0 radical (unpaired) electrons. The number of rotatable bonds is 3. The maximum absolute atomic E-state index is 11.5. The lowest BCUT2D eigenvalue weighted by Crippen LogP contribution is -1.97. The minimum atomic E-state index is -0.0985. The van der Waals surface area contributed by atoms with Crippen molar-refractivity contribution in [2.24, 2.45) is 5.92 Å². The number of aliphatic hydroxyl groups is 1. The summed E-state index contributed by atoms with van der Waals surface area (Å²) in [5, 5.41) is 10.6. The molecule has 16 heavy (non-hydrogen) atoms. The molecule has 0 atom stereocenters. The summed E-state index contributed by atoms with van der Waals surface area (Å²) in [6.07, 6.45) is 3.07. The first-order valence-corrected chi connectivity index (χ1v) is 5.73. The molecular formula is C12H10Cl2O2. The Morgan fingerprint density at radius 3 is 2.62 bits per heavy atom. The van der Waals surface area contributed by atoms with Gasteiger partial charge in [-0.1, -0.05) is 23.2 Å². The summed E-state index contributed by atoms with van der Waals surface area (Å²) in [5.74, 6) is -0.0460. The van der Waals surface area contributed by atoms with Crippen LogP contribution in [0, 0.1) is 5.92 Å². The SMILES string of the molecule is O=C(/C=C(\O)c1ccc(Cl)cc1Cl)C1CC1. The van der Waals surface area contributed by atoms with Gasteiger partial charge in [0.15, 0.2) is 5.78 Å². The van der Waals surface area contributed by atoms with Crippen molar-refractivity contribution in [1.29, 1.82) is 0 Å². The van der Waals surface area contributed by atoms with E-state index in [0.717, 1.165) is 12.8 Å². The van der Waals surface area contributed by atoms with Gasteiger partial charge in [0.2, 0.25) is 0 Å². The molecule has 1 aliphatic rings. The number of hydrogen-bond donors (Lipinski definition) is 1. The number of ketones is 1. The van der Waals surface area contributed by atoms with E-state index in [1.807, 2.05) is 0 Å². The van der Waals surface area contributed by atoms with Gasteiger partial charge in [-0.2, -0.15) is 0 Å². The molecule has 1 aromatic carbocycles. The smallest absolute Gasteiger partial charge is 0.162 e. The number of benzene rings is 1. The first-order valence-electron chi connectivity index (χ1n) is 4.98. The van der Waals surface area contributed by atoms with Crippen LogP contribution in [0.15, 0.2) is 24.3 Å². The van der Waals surface area contributed by atoms with E-state index in [2.05, 4.69) is 0 Å². The highest BCUT2D eigenvalue weighted by Crippen LogP contribution is 2.32. The van der Waals surface area contributed by atoms with Crippen molar-refractivity contribution in [3.8, 4) is 0 Å². The highest BCUT2D eigenvalue weighted by molar-refractivity contribution is 6.35. The van der Waals surface area contributed by atoms with E-state index < -0.39 is 0 Å². The number of hydrogen-bond acceptors (Lipinski definition) is 2. The van der Waals surface area contributed by atoms with Gasteiger partial charge in [-0.05, 0) is 31.0 Å². The summed E-state index contributed by atoms with van der Waals surface area (Å²) >= 11 is 11.6. The minimum absolute atomic E-state index is 0.0384. The minimum Gasteiger partial charge on any atom is -0.507 e. The van der Waals surface area contributed by atoms with Crippen molar-refractivity contribution in [3.05, 3.63) is 39.9 Å². The first kappa shape index (κ1) is 11.5. The van der Waals surface area contributed by atoms with Crippen LogP contribution >= 0.6 is 23.2 Å². The predicted molar refractivity (Wildman–Crippen MR) is 64.8 cm³/mol. The van der Waals surface area contributed by atoms with Crippen molar-refractivity contribution in [3.63, 3.8) is 0 Å². The molecule has 0 spiro atoms. The van der Waals surface area contributed by atoms with Gasteiger partial charge in [-0.15, -0.1) is 0 Å². The second kappa shape index (κ2) is 4.48. The Kier molecular flexibility index (Phi) is 3.22. The summed E-state index contributed by atoms with van der Waals surface area (Å²) in [6.45, 7) is 0. The molecule has 2 nitrogen and oxygen atoms in total. The van der Waals surface area contributed by atoms with Gasteiger partial charge in [0, 0.05) is 22.6 Å². The maximum Gasteiger partial charge on any atom is 0.162 e. The Hall–Kier alpha value is -0.990. The standard InChI is InChI=1S/C12H10Cl2O2/c13-8-3-4-9(10(14)5-8)12(16)6-11(15)7-1-2-7/h3-7,16H,1-2H2/b12-6-. The van der Waals surface area contributed by atoms with Crippen molar-refractivity contribution in [2.45, 2.75) is 12.8 Å². The lowest BCUT2D eigenvalue weighted by molar-refractivity contribution is -0.115. The summed E-state index contributed by atoms with van der Waals surface area (Å²) < 4.78 is 0. The molecule has 1 saturated carbocycles. The zero-order valence-electron chi connectivity index (χ0n) is 8.41. The van der Waals surface area contributed by atoms with Crippen LogP contribution in [0.1, 0.15) is 18.4 Å². The lowest BCUT2D eigenvalue weighted by atomic mass is 10.1. The molecule has 0 heterocycles. The van der Waals surface area contributed by atoms with Crippen LogP contribution in [-0.4, -0.2) is 10.9 Å². The number of carbonyl (C=O) groups excluding carboxylic acids is 1. The van der Waals surface area contributed by atoms with Gasteiger partial charge in [0.1, 0.15) is 5.76 Å². The summed E-state index contributed by atoms with van der Waals surface area (Å²) in [5.41, 5.74) is 0.431. The van der Waals surface area contributed by atoms with E-state index in [1.165, 1.54) is 12.1 Å². The van der Waals surface area contributed by atoms with Crippen molar-refractivity contribution in [1.82, 2.24) is 0 Å². The molecule has 1 aromatic rings. The zero-order valence-corrected chi connectivity index (χ0v) is 9.92. The Labute approximate surface area is 103 Å². The number of carbonyl (C=O) groups is 1. The van der Waals surface area contributed by atoms with Gasteiger partial charge in [-0.25, -0.2) is 0 Å². The third-order valence-electron chi connectivity index (χ3n) is 2.47. The molecule has 4 heteroatoms. The monoisotopic (exact) mass is 256 g/mol. The van der Waals surface area contributed by atoms with Crippen LogP contribution in [0.4, 0.5) is 0 Å². The topological polar surface area (TPSA) is 37.3 Å². The van der Waals surface area contributed by atoms with Gasteiger partial charge in [0.05, 0.1) is 5.02 Å². The third kappa shape index (κ3) is 2.57. The number of halogens is 2. The zero-order chi connectivity index (χ0) is 11.7. The molecule has 0 unspecified atom stereocenters. The van der Waals surface area contributed by atoms with Gasteiger partial charge in [-0.3, -0.25) is 4.79 Å². The highest BCUT2D eigenvalue weighted by Gasteiger charge is 2.28. The second-order valence-electron chi connectivity index (χ2n) is 3.83.